The minimum Gasteiger partial charge on any atom is -0.494 e. The maximum absolute atomic E-state index is 5.85. The first-order valence-corrected chi connectivity index (χ1v) is 8.32. The first-order valence-electron chi connectivity index (χ1n) is 8.32. The van der Waals surface area contributed by atoms with Crippen LogP contribution in [-0.4, -0.2) is 13.2 Å². The fourth-order valence-electron chi connectivity index (χ4n) is 3.42. The molecule has 1 atom stereocenters. The van der Waals surface area contributed by atoms with E-state index in [1.165, 1.54) is 44.1 Å². The highest BCUT2D eigenvalue weighted by atomic mass is 16.5. The molecule has 1 aromatic carbocycles. The predicted octanol–water partition coefficient (Wildman–Crippen LogP) is 4.71. The molecular weight excluding hydrogens is 246 g/mol. The van der Waals surface area contributed by atoms with Crippen LogP contribution >= 0.6 is 0 Å². The van der Waals surface area contributed by atoms with Crippen molar-refractivity contribution in [2.45, 2.75) is 58.4 Å². The predicted molar refractivity (Wildman–Crippen MR) is 85.2 cm³/mol. The summed E-state index contributed by atoms with van der Waals surface area (Å²) < 4.78 is 5.85. The zero-order valence-electron chi connectivity index (χ0n) is 13.0. The number of hydrogen-bond donors (Lipinski definition) is 1. The Morgan fingerprint density at radius 2 is 1.80 bits per heavy atom. The van der Waals surface area contributed by atoms with Crippen LogP contribution in [0, 0.1) is 5.92 Å². The minimum atomic E-state index is 0.445. The Hall–Kier alpha value is -1.02. The first kappa shape index (κ1) is 15.4. The zero-order valence-corrected chi connectivity index (χ0v) is 13.0. The Bertz CT molecular complexity index is 383. The number of nitrogens with one attached hydrogen (secondary N) is 1. The van der Waals surface area contributed by atoms with Gasteiger partial charge >= 0.3 is 0 Å². The van der Waals surface area contributed by atoms with Crippen molar-refractivity contribution in [3.63, 3.8) is 0 Å². The smallest absolute Gasteiger partial charge is 0.124 e. The third-order valence-electron chi connectivity index (χ3n) is 4.35. The van der Waals surface area contributed by atoms with Crippen LogP contribution < -0.4 is 10.1 Å². The lowest BCUT2D eigenvalue weighted by Crippen LogP contribution is -2.28. The SMILES string of the molecule is CCNC(c1ccccc1OCC)C1CCCCCC1. The van der Waals surface area contributed by atoms with E-state index in [1.807, 2.05) is 0 Å². The molecule has 1 aliphatic rings. The highest BCUT2D eigenvalue weighted by Crippen LogP contribution is 2.37. The third-order valence-corrected chi connectivity index (χ3v) is 4.35. The molecule has 0 amide bonds. The summed E-state index contributed by atoms with van der Waals surface area (Å²) in [7, 11) is 0. The van der Waals surface area contributed by atoms with Crippen molar-refractivity contribution >= 4 is 0 Å². The first-order chi connectivity index (χ1) is 9.86. The lowest BCUT2D eigenvalue weighted by atomic mass is 9.86. The number of benzene rings is 1. The van der Waals surface area contributed by atoms with Gasteiger partial charge in [-0.25, -0.2) is 0 Å². The molecule has 0 saturated heterocycles. The molecule has 2 rings (SSSR count). The molecule has 2 nitrogen and oxygen atoms in total. The Labute approximate surface area is 123 Å². The summed E-state index contributed by atoms with van der Waals surface area (Å²) in [6.07, 6.45) is 8.26. The topological polar surface area (TPSA) is 21.3 Å². The van der Waals surface area contributed by atoms with Crippen LogP contribution in [0.15, 0.2) is 24.3 Å². The Kier molecular flexibility index (Phi) is 6.38. The van der Waals surface area contributed by atoms with Gasteiger partial charge in [-0.2, -0.15) is 0 Å². The molecule has 2 heteroatoms. The quantitative estimate of drug-likeness (QED) is 0.759. The van der Waals surface area contributed by atoms with Gasteiger partial charge in [-0.1, -0.05) is 50.8 Å². The summed E-state index contributed by atoms with van der Waals surface area (Å²) in [5.74, 6) is 1.81. The van der Waals surface area contributed by atoms with E-state index in [0.29, 0.717) is 6.04 Å². The van der Waals surface area contributed by atoms with Gasteiger partial charge in [0.2, 0.25) is 0 Å². The van der Waals surface area contributed by atoms with Crippen LogP contribution in [0.2, 0.25) is 0 Å². The van der Waals surface area contributed by atoms with Crippen molar-refractivity contribution in [2.24, 2.45) is 5.92 Å². The second kappa shape index (κ2) is 8.31. The van der Waals surface area contributed by atoms with Crippen molar-refractivity contribution in [2.75, 3.05) is 13.2 Å². The standard InChI is InChI=1S/C18H29NO/c1-3-19-18(15-11-7-5-6-8-12-15)16-13-9-10-14-17(16)20-4-2/h9-10,13-15,18-19H,3-8,11-12H2,1-2H3. The van der Waals surface area contributed by atoms with Crippen LogP contribution in [-0.2, 0) is 0 Å². The van der Waals surface area contributed by atoms with Gasteiger partial charge in [0.05, 0.1) is 6.61 Å². The molecule has 1 N–H and O–H groups in total. The van der Waals surface area contributed by atoms with Crippen molar-refractivity contribution in [3.05, 3.63) is 29.8 Å². The molecule has 1 unspecified atom stereocenters. The monoisotopic (exact) mass is 275 g/mol. The molecule has 1 fully saturated rings. The molecule has 0 radical (unpaired) electrons. The van der Waals surface area contributed by atoms with Crippen molar-refractivity contribution < 1.29 is 4.74 Å². The molecule has 0 heterocycles. The lowest BCUT2D eigenvalue weighted by molar-refractivity contribution is 0.299. The normalized spacial score (nSPS) is 18.5. The molecule has 1 aliphatic carbocycles. The summed E-state index contributed by atoms with van der Waals surface area (Å²) in [5, 5.41) is 3.72. The average Bonchev–Trinajstić information content (AvgIpc) is 2.75. The maximum atomic E-state index is 5.85. The van der Waals surface area contributed by atoms with Gasteiger partial charge in [0.15, 0.2) is 0 Å². The minimum absolute atomic E-state index is 0.445. The highest BCUT2D eigenvalue weighted by molar-refractivity contribution is 5.36. The highest BCUT2D eigenvalue weighted by Gasteiger charge is 2.25. The van der Waals surface area contributed by atoms with Gasteiger partial charge in [0.25, 0.3) is 0 Å². The maximum Gasteiger partial charge on any atom is 0.124 e. The molecule has 1 aromatic rings. The fraction of sp³-hybridized carbons (Fsp3) is 0.667. The van der Waals surface area contributed by atoms with Gasteiger partial charge < -0.3 is 10.1 Å². The van der Waals surface area contributed by atoms with E-state index in [9.17, 15) is 0 Å². The van der Waals surface area contributed by atoms with E-state index < -0.39 is 0 Å². The summed E-state index contributed by atoms with van der Waals surface area (Å²) in [5.41, 5.74) is 1.35. The average molecular weight is 275 g/mol. The molecule has 0 aromatic heterocycles. The van der Waals surface area contributed by atoms with E-state index in [0.717, 1.165) is 24.8 Å². The summed E-state index contributed by atoms with van der Waals surface area (Å²) in [4.78, 5) is 0. The molecule has 112 valence electrons. The van der Waals surface area contributed by atoms with Crippen LogP contribution in [0.1, 0.15) is 64.0 Å². The van der Waals surface area contributed by atoms with Gasteiger partial charge in [-0.15, -0.1) is 0 Å². The Balaban J connectivity index is 2.22. The number of hydrogen-bond acceptors (Lipinski definition) is 2. The third kappa shape index (κ3) is 3.99. The summed E-state index contributed by atoms with van der Waals surface area (Å²) in [6.45, 7) is 6.01. The van der Waals surface area contributed by atoms with Crippen LogP contribution in [0.4, 0.5) is 0 Å². The molecule has 0 bridgehead atoms. The van der Waals surface area contributed by atoms with Gasteiger partial charge in [0.1, 0.15) is 5.75 Å². The summed E-state index contributed by atoms with van der Waals surface area (Å²) >= 11 is 0. The van der Waals surface area contributed by atoms with E-state index in [-0.39, 0.29) is 0 Å². The largest absolute Gasteiger partial charge is 0.494 e. The summed E-state index contributed by atoms with van der Waals surface area (Å²) in [6, 6.07) is 9.01. The van der Waals surface area contributed by atoms with Crippen LogP contribution in [0.3, 0.4) is 0 Å². The number of para-hydroxylation sites is 1. The molecule has 0 spiro atoms. The fourth-order valence-corrected chi connectivity index (χ4v) is 3.42. The number of rotatable bonds is 6. The molecule has 20 heavy (non-hydrogen) atoms. The number of ether oxygens (including phenoxy) is 1. The van der Waals surface area contributed by atoms with E-state index in [2.05, 4.69) is 43.4 Å². The van der Waals surface area contributed by atoms with E-state index in [1.54, 1.807) is 0 Å². The molecule has 0 aliphatic heterocycles. The Morgan fingerprint density at radius 1 is 1.10 bits per heavy atom. The Morgan fingerprint density at radius 3 is 2.45 bits per heavy atom. The lowest BCUT2D eigenvalue weighted by Gasteiger charge is -2.29. The van der Waals surface area contributed by atoms with Gasteiger partial charge in [-0.3, -0.25) is 0 Å². The van der Waals surface area contributed by atoms with E-state index in [4.69, 9.17) is 4.74 Å². The van der Waals surface area contributed by atoms with Crippen LogP contribution in [0.25, 0.3) is 0 Å². The van der Waals surface area contributed by atoms with Crippen molar-refractivity contribution in [1.82, 2.24) is 5.32 Å². The van der Waals surface area contributed by atoms with E-state index >= 15 is 0 Å². The van der Waals surface area contributed by atoms with Gasteiger partial charge in [-0.05, 0) is 38.3 Å². The second-order valence-corrected chi connectivity index (χ2v) is 5.76. The van der Waals surface area contributed by atoms with Crippen LogP contribution in [0.5, 0.6) is 5.75 Å². The second-order valence-electron chi connectivity index (χ2n) is 5.76. The molecule has 1 saturated carbocycles. The van der Waals surface area contributed by atoms with Gasteiger partial charge in [0, 0.05) is 11.6 Å². The zero-order chi connectivity index (χ0) is 14.2. The van der Waals surface area contributed by atoms with Crippen molar-refractivity contribution in [3.8, 4) is 5.75 Å². The van der Waals surface area contributed by atoms with Crippen molar-refractivity contribution in [1.29, 1.82) is 0 Å². The molecular formula is C18H29NO.